The van der Waals surface area contributed by atoms with Crippen molar-refractivity contribution >= 4 is 0 Å². The molecule has 0 radical (unpaired) electrons. The monoisotopic (exact) mass is 277 g/mol. The second-order valence-corrected chi connectivity index (χ2v) is 6.43. The third-order valence-electron chi connectivity index (χ3n) is 4.65. The summed E-state index contributed by atoms with van der Waals surface area (Å²) in [5.41, 5.74) is 1.40. The van der Waals surface area contributed by atoms with Crippen LogP contribution < -0.4 is 5.32 Å². The summed E-state index contributed by atoms with van der Waals surface area (Å²) in [6.45, 7) is 9.01. The van der Waals surface area contributed by atoms with Crippen LogP contribution in [0.25, 0.3) is 0 Å². The van der Waals surface area contributed by atoms with Gasteiger partial charge in [-0.15, -0.1) is 0 Å². The molecule has 3 nitrogen and oxygen atoms in total. The fourth-order valence-electron chi connectivity index (χ4n) is 3.44. The van der Waals surface area contributed by atoms with E-state index in [9.17, 15) is 0 Å². The van der Waals surface area contributed by atoms with Crippen LogP contribution in [0.3, 0.4) is 0 Å². The average Bonchev–Trinajstić information content (AvgIpc) is 2.90. The Labute approximate surface area is 124 Å². The van der Waals surface area contributed by atoms with Gasteiger partial charge in [0.25, 0.3) is 0 Å². The lowest BCUT2D eigenvalue weighted by atomic mass is 9.78. The zero-order chi connectivity index (χ0) is 14.4. The van der Waals surface area contributed by atoms with E-state index in [1.165, 1.54) is 37.8 Å². The summed E-state index contributed by atoms with van der Waals surface area (Å²) in [6, 6.07) is 2.72. The van der Waals surface area contributed by atoms with E-state index in [0.717, 1.165) is 31.3 Å². The molecule has 1 aromatic rings. The lowest BCUT2D eigenvalue weighted by Crippen LogP contribution is -2.33. The highest BCUT2D eigenvalue weighted by atomic mass is 15.3. The maximum atomic E-state index is 4.52. The number of nitrogens with one attached hydrogen (secondary N) is 1. The quantitative estimate of drug-likeness (QED) is 0.811. The van der Waals surface area contributed by atoms with Gasteiger partial charge in [0.1, 0.15) is 0 Å². The van der Waals surface area contributed by atoms with Crippen LogP contribution in [0, 0.1) is 11.8 Å². The number of nitrogens with zero attached hydrogens (tertiary/aromatic N) is 2. The average molecular weight is 277 g/mol. The molecule has 1 atom stereocenters. The highest BCUT2D eigenvalue weighted by Gasteiger charge is 2.28. The molecule has 1 N–H and O–H groups in total. The van der Waals surface area contributed by atoms with Gasteiger partial charge in [-0.2, -0.15) is 5.10 Å². The predicted octanol–water partition coefficient (Wildman–Crippen LogP) is 4.16. The second kappa shape index (κ2) is 7.82. The van der Waals surface area contributed by atoms with E-state index in [4.69, 9.17) is 0 Å². The Bertz CT molecular complexity index is 377. The number of aromatic nitrogens is 2. The van der Waals surface area contributed by atoms with Crippen LogP contribution in [0.1, 0.15) is 71.0 Å². The molecular weight excluding hydrogens is 246 g/mol. The van der Waals surface area contributed by atoms with Gasteiger partial charge in [0.05, 0.1) is 11.7 Å². The highest BCUT2D eigenvalue weighted by molar-refractivity contribution is 5.09. The molecular formula is C17H31N3. The Hall–Kier alpha value is -0.830. The van der Waals surface area contributed by atoms with Crippen molar-refractivity contribution in [1.29, 1.82) is 0 Å². The molecule has 0 amide bonds. The first-order chi connectivity index (χ1) is 9.76. The topological polar surface area (TPSA) is 29.9 Å². The van der Waals surface area contributed by atoms with E-state index in [2.05, 4.69) is 41.9 Å². The fraction of sp³-hybridized carbons (Fsp3) is 0.824. The van der Waals surface area contributed by atoms with Crippen molar-refractivity contribution in [2.24, 2.45) is 11.8 Å². The molecule has 0 aliphatic heterocycles. The SMILES string of the molecule is CCCNC(c1ccnn1CCC)C1CCC(C)CC1. The van der Waals surface area contributed by atoms with Crippen molar-refractivity contribution in [2.75, 3.05) is 6.54 Å². The number of hydrogen-bond donors (Lipinski definition) is 1. The summed E-state index contributed by atoms with van der Waals surface area (Å²) in [7, 11) is 0. The zero-order valence-electron chi connectivity index (χ0n) is 13.4. The number of aryl methyl sites for hydroxylation is 1. The molecule has 0 bridgehead atoms. The second-order valence-electron chi connectivity index (χ2n) is 6.43. The van der Waals surface area contributed by atoms with Crippen molar-refractivity contribution in [3.63, 3.8) is 0 Å². The van der Waals surface area contributed by atoms with Crippen LogP contribution in [-0.4, -0.2) is 16.3 Å². The van der Waals surface area contributed by atoms with Crippen molar-refractivity contribution in [3.05, 3.63) is 18.0 Å². The van der Waals surface area contributed by atoms with Crippen molar-refractivity contribution in [2.45, 2.75) is 71.9 Å². The summed E-state index contributed by atoms with van der Waals surface area (Å²) < 4.78 is 2.21. The highest BCUT2D eigenvalue weighted by Crippen LogP contribution is 2.36. The molecule has 1 aromatic heterocycles. The van der Waals surface area contributed by atoms with Gasteiger partial charge in [0.2, 0.25) is 0 Å². The van der Waals surface area contributed by atoms with Gasteiger partial charge < -0.3 is 5.32 Å². The molecule has 0 spiro atoms. The lowest BCUT2D eigenvalue weighted by Gasteiger charge is -2.33. The Morgan fingerprint density at radius 2 is 2.00 bits per heavy atom. The van der Waals surface area contributed by atoms with Crippen LogP contribution in [0.5, 0.6) is 0 Å². The normalized spacial score (nSPS) is 24.8. The molecule has 1 aliphatic carbocycles. The van der Waals surface area contributed by atoms with E-state index < -0.39 is 0 Å². The van der Waals surface area contributed by atoms with Crippen molar-refractivity contribution in [1.82, 2.24) is 15.1 Å². The van der Waals surface area contributed by atoms with Crippen LogP contribution >= 0.6 is 0 Å². The van der Waals surface area contributed by atoms with Crippen LogP contribution in [0.15, 0.2) is 12.3 Å². The van der Waals surface area contributed by atoms with Gasteiger partial charge in [-0.25, -0.2) is 0 Å². The molecule has 1 aliphatic rings. The predicted molar refractivity (Wildman–Crippen MR) is 84.7 cm³/mol. The first kappa shape index (κ1) is 15.6. The minimum atomic E-state index is 0.497. The standard InChI is InChI=1S/C17H31N3/c1-4-11-18-17(15-8-6-14(3)7-9-15)16-10-12-19-20(16)13-5-2/h10,12,14-15,17-18H,4-9,11,13H2,1-3H3. The van der Waals surface area contributed by atoms with Crippen molar-refractivity contribution in [3.8, 4) is 0 Å². The van der Waals surface area contributed by atoms with Gasteiger partial charge in [-0.3, -0.25) is 4.68 Å². The van der Waals surface area contributed by atoms with Gasteiger partial charge in [0, 0.05) is 12.7 Å². The largest absolute Gasteiger partial charge is 0.308 e. The maximum Gasteiger partial charge on any atom is 0.0556 e. The first-order valence-corrected chi connectivity index (χ1v) is 8.51. The molecule has 0 aromatic carbocycles. The minimum absolute atomic E-state index is 0.497. The molecule has 1 heterocycles. The third-order valence-corrected chi connectivity index (χ3v) is 4.65. The van der Waals surface area contributed by atoms with E-state index in [0.29, 0.717) is 6.04 Å². The molecule has 20 heavy (non-hydrogen) atoms. The number of rotatable bonds is 7. The zero-order valence-corrected chi connectivity index (χ0v) is 13.4. The Morgan fingerprint density at radius 3 is 2.65 bits per heavy atom. The molecule has 3 heteroatoms. The molecule has 0 saturated heterocycles. The van der Waals surface area contributed by atoms with E-state index in [-0.39, 0.29) is 0 Å². The Balaban J connectivity index is 2.11. The lowest BCUT2D eigenvalue weighted by molar-refractivity contribution is 0.224. The Morgan fingerprint density at radius 1 is 1.25 bits per heavy atom. The van der Waals surface area contributed by atoms with Crippen molar-refractivity contribution < 1.29 is 0 Å². The van der Waals surface area contributed by atoms with Gasteiger partial charge >= 0.3 is 0 Å². The summed E-state index contributed by atoms with van der Waals surface area (Å²) >= 11 is 0. The smallest absolute Gasteiger partial charge is 0.0556 e. The molecule has 114 valence electrons. The molecule has 2 rings (SSSR count). The Kier molecular flexibility index (Phi) is 6.08. The first-order valence-electron chi connectivity index (χ1n) is 8.51. The fourth-order valence-corrected chi connectivity index (χ4v) is 3.44. The van der Waals surface area contributed by atoms with Gasteiger partial charge in [0.15, 0.2) is 0 Å². The summed E-state index contributed by atoms with van der Waals surface area (Å²) in [4.78, 5) is 0. The molecule has 1 saturated carbocycles. The van der Waals surface area contributed by atoms with Crippen LogP contribution in [0.4, 0.5) is 0 Å². The summed E-state index contributed by atoms with van der Waals surface area (Å²) in [5.74, 6) is 1.70. The van der Waals surface area contributed by atoms with Gasteiger partial charge in [-0.1, -0.05) is 33.6 Å². The minimum Gasteiger partial charge on any atom is -0.308 e. The number of hydrogen-bond acceptors (Lipinski definition) is 2. The van der Waals surface area contributed by atoms with Crippen LogP contribution in [0.2, 0.25) is 0 Å². The maximum absolute atomic E-state index is 4.52. The summed E-state index contributed by atoms with van der Waals surface area (Å²) in [6.07, 6.45) is 9.81. The summed E-state index contributed by atoms with van der Waals surface area (Å²) in [5, 5.41) is 8.32. The van der Waals surface area contributed by atoms with Gasteiger partial charge in [-0.05, 0) is 50.1 Å². The van der Waals surface area contributed by atoms with E-state index in [1.807, 2.05) is 6.20 Å². The van der Waals surface area contributed by atoms with Crippen LogP contribution in [-0.2, 0) is 6.54 Å². The van der Waals surface area contributed by atoms with E-state index >= 15 is 0 Å². The third kappa shape index (κ3) is 3.85. The van der Waals surface area contributed by atoms with E-state index in [1.54, 1.807) is 0 Å². The molecule has 1 unspecified atom stereocenters. The molecule has 1 fully saturated rings.